The number of aliphatic imine (C=N–C) groups is 1. The van der Waals surface area contributed by atoms with E-state index in [2.05, 4.69) is 5.32 Å². The molecule has 0 saturated heterocycles. The molecule has 3 aromatic carbocycles. The third kappa shape index (κ3) is 4.56. The summed E-state index contributed by atoms with van der Waals surface area (Å²) in [5.41, 5.74) is 13.4. The summed E-state index contributed by atoms with van der Waals surface area (Å²) in [6.45, 7) is 0.872. The fourth-order valence-corrected chi connectivity index (χ4v) is 4.23. The van der Waals surface area contributed by atoms with Crippen LogP contribution in [0.2, 0.25) is 0 Å². The molecule has 3 aromatic rings. The van der Waals surface area contributed by atoms with Crippen molar-refractivity contribution in [1.29, 1.82) is 0 Å². The van der Waals surface area contributed by atoms with Gasteiger partial charge in [0.1, 0.15) is 6.04 Å². The van der Waals surface area contributed by atoms with Crippen LogP contribution in [0.4, 0.5) is 0 Å². The minimum Gasteiger partial charge on any atom is -0.369 e. The lowest BCUT2D eigenvalue weighted by atomic mass is 9.83. The number of nitrogens with two attached hydrogens (primary N) is 2. The SMILES string of the molecule is NC1=NC(c2ccccc2)(c2ccccc2)C(=O)N1CCCCNC(=O)C(N)c1ccccc1. The van der Waals surface area contributed by atoms with Gasteiger partial charge in [0.15, 0.2) is 11.5 Å². The van der Waals surface area contributed by atoms with Crippen LogP contribution in [-0.2, 0) is 15.1 Å². The number of hydrogen-bond acceptors (Lipinski definition) is 5. The Morgan fingerprint density at radius 1 is 0.882 bits per heavy atom. The number of nitrogens with zero attached hydrogens (tertiary/aromatic N) is 2. The number of carbonyl (C=O) groups excluding carboxylic acids is 2. The van der Waals surface area contributed by atoms with Gasteiger partial charge in [0.2, 0.25) is 5.91 Å². The third-order valence-corrected chi connectivity index (χ3v) is 6.05. The Balaban J connectivity index is 1.38. The van der Waals surface area contributed by atoms with E-state index in [9.17, 15) is 9.59 Å². The number of hydrogen-bond donors (Lipinski definition) is 3. The second kappa shape index (κ2) is 10.3. The molecule has 4 rings (SSSR count). The second-order valence-electron chi connectivity index (χ2n) is 8.26. The number of nitrogens with one attached hydrogen (secondary N) is 1. The number of carbonyl (C=O) groups is 2. The first-order valence-electron chi connectivity index (χ1n) is 11.4. The first kappa shape index (κ1) is 23.2. The van der Waals surface area contributed by atoms with E-state index in [1.54, 1.807) is 0 Å². The number of benzene rings is 3. The summed E-state index contributed by atoms with van der Waals surface area (Å²) >= 11 is 0. The zero-order chi connectivity index (χ0) is 24.0. The van der Waals surface area contributed by atoms with Gasteiger partial charge in [-0.3, -0.25) is 14.5 Å². The quantitative estimate of drug-likeness (QED) is 0.431. The van der Waals surface area contributed by atoms with Crippen molar-refractivity contribution in [3.8, 4) is 0 Å². The van der Waals surface area contributed by atoms with E-state index in [1.165, 1.54) is 4.90 Å². The molecule has 0 aliphatic carbocycles. The molecule has 7 nitrogen and oxygen atoms in total. The van der Waals surface area contributed by atoms with Crippen molar-refractivity contribution in [1.82, 2.24) is 10.2 Å². The Morgan fingerprint density at radius 2 is 1.41 bits per heavy atom. The molecule has 0 saturated carbocycles. The summed E-state index contributed by atoms with van der Waals surface area (Å²) in [7, 11) is 0. The molecular weight excluding hydrogens is 426 g/mol. The Labute approximate surface area is 199 Å². The summed E-state index contributed by atoms with van der Waals surface area (Å²) < 4.78 is 0. The maximum Gasteiger partial charge on any atom is 0.266 e. The third-order valence-electron chi connectivity index (χ3n) is 6.05. The van der Waals surface area contributed by atoms with Crippen LogP contribution in [0.5, 0.6) is 0 Å². The molecule has 5 N–H and O–H groups in total. The van der Waals surface area contributed by atoms with E-state index >= 15 is 0 Å². The molecule has 34 heavy (non-hydrogen) atoms. The molecule has 0 radical (unpaired) electrons. The van der Waals surface area contributed by atoms with Gasteiger partial charge in [0, 0.05) is 13.1 Å². The molecule has 0 spiro atoms. The van der Waals surface area contributed by atoms with E-state index in [1.807, 2.05) is 91.0 Å². The molecule has 0 bridgehead atoms. The molecule has 1 aliphatic rings. The van der Waals surface area contributed by atoms with Crippen LogP contribution in [0.3, 0.4) is 0 Å². The molecule has 0 fully saturated rings. The van der Waals surface area contributed by atoms with E-state index in [-0.39, 0.29) is 17.8 Å². The lowest BCUT2D eigenvalue weighted by Gasteiger charge is -2.27. The fourth-order valence-electron chi connectivity index (χ4n) is 4.23. The van der Waals surface area contributed by atoms with Crippen molar-refractivity contribution < 1.29 is 9.59 Å². The molecule has 2 amide bonds. The molecule has 7 heteroatoms. The number of unbranched alkanes of at least 4 members (excludes halogenated alkanes) is 1. The molecule has 174 valence electrons. The van der Waals surface area contributed by atoms with Crippen molar-refractivity contribution in [3.05, 3.63) is 108 Å². The Kier molecular flexibility index (Phi) is 7.04. The predicted molar refractivity (Wildman–Crippen MR) is 133 cm³/mol. The first-order valence-corrected chi connectivity index (χ1v) is 11.4. The average Bonchev–Trinajstić information content (AvgIpc) is 3.15. The smallest absolute Gasteiger partial charge is 0.266 e. The zero-order valence-corrected chi connectivity index (χ0v) is 18.9. The van der Waals surface area contributed by atoms with Gasteiger partial charge in [-0.15, -0.1) is 0 Å². The lowest BCUT2D eigenvalue weighted by molar-refractivity contribution is -0.130. The topological polar surface area (TPSA) is 114 Å². The molecule has 1 aliphatic heterocycles. The second-order valence-corrected chi connectivity index (χ2v) is 8.26. The number of guanidine groups is 1. The molecule has 1 unspecified atom stereocenters. The summed E-state index contributed by atoms with van der Waals surface area (Å²) in [6, 6.07) is 27.5. The normalized spacial score (nSPS) is 15.6. The highest BCUT2D eigenvalue weighted by Crippen LogP contribution is 2.39. The van der Waals surface area contributed by atoms with Gasteiger partial charge in [-0.05, 0) is 29.5 Å². The van der Waals surface area contributed by atoms with Crippen LogP contribution < -0.4 is 16.8 Å². The Bertz CT molecular complexity index is 1110. The largest absolute Gasteiger partial charge is 0.369 e. The van der Waals surface area contributed by atoms with Crippen molar-refractivity contribution >= 4 is 17.8 Å². The minimum absolute atomic E-state index is 0.169. The summed E-state index contributed by atoms with van der Waals surface area (Å²) in [4.78, 5) is 32.3. The molecule has 1 atom stereocenters. The first-order chi connectivity index (χ1) is 16.5. The van der Waals surface area contributed by atoms with Crippen LogP contribution >= 0.6 is 0 Å². The van der Waals surface area contributed by atoms with Crippen molar-refractivity contribution in [2.45, 2.75) is 24.4 Å². The van der Waals surface area contributed by atoms with Crippen LogP contribution in [0.25, 0.3) is 0 Å². The van der Waals surface area contributed by atoms with Crippen LogP contribution in [-0.4, -0.2) is 35.8 Å². The van der Waals surface area contributed by atoms with Crippen molar-refractivity contribution in [3.63, 3.8) is 0 Å². The van der Waals surface area contributed by atoms with E-state index in [0.29, 0.717) is 25.9 Å². The minimum atomic E-state index is -1.19. The van der Waals surface area contributed by atoms with Crippen LogP contribution in [0.15, 0.2) is 96.0 Å². The highest BCUT2D eigenvalue weighted by molar-refractivity contribution is 6.09. The van der Waals surface area contributed by atoms with Crippen molar-refractivity contribution in [2.24, 2.45) is 16.5 Å². The summed E-state index contributed by atoms with van der Waals surface area (Å²) in [5.74, 6) is -0.193. The highest BCUT2D eigenvalue weighted by Gasteiger charge is 2.50. The predicted octanol–water partition coefficient (Wildman–Crippen LogP) is 2.68. The maximum atomic E-state index is 13.7. The Hall–Kier alpha value is -3.97. The van der Waals surface area contributed by atoms with Gasteiger partial charge in [-0.1, -0.05) is 91.0 Å². The molecule has 1 heterocycles. The van der Waals surface area contributed by atoms with Gasteiger partial charge in [-0.25, -0.2) is 4.99 Å². The summed E-state index contributed by atoms with van der Waals surface area (Å²) in [5, 5.41) is 2.87. The monoisotopic (exact) mass is 455 g/mol. The van der Waals surface area contributed by atoms with Crippen LogP contribution in [0.1, 0.15) is 35.6 Å². The highest BCUT2D eigenvalue weighted by atomic mass is 16.2. The van der Waals surface area contributed by atoms with E-state index < -0.39 is 11.6 Å². The number of amides is 2. The van der Waals surface area contributed by atoms with E-state index in [0.717, 1.165) is 16.7 Å². The van der Waals surface area contributed by atoms with Crippen LogP contribution in [0, 0.1) is 0 Å². The van der Waals surface area contributed by atoms with Gasteiger partial charge in [-0.2, -0.15) is 0 Å². The lowest BCUT2D eigenvalue weighted by Crippen LogP contribution is -2.44. The van der Waals surface area contributed by atoms with Gasteiger partial charge in [0.25, 0.3) is 5.91 Å². The standard InChI is InChI=1S/C27H29N5O2/c28-23(20-12-4-1-5-13-20)24(33)30-18-10-11-19-32-25(34)27(31-26(32)29,21-14-6-2-7-15-21)22-16-8-3-9-17-22/h1-9,12-17,23H,10-11,18-19,28H2,(H2,29,31)(H,30,33). The average molecular weight is 456 g/mol. The summed E-state index contributed by atoms with van der Waals surface area (Å²) in [6.07, 6.45) is 1.33. The van der Waals surface area contributed by atoms with Gasteiger partial charge in [0.05, 0.1) is 0 Å². The Morgan fingerprint density at radius 3 is 1.97 bits per heavy atom. The molecule has 0 aromatic heterocycles. The van der Waals surface area contributed by atoms with Gasteiger partial charge >= 0.3 is 0 Å². The van der Waals surface area contributed by atoms with Crippen molar-refractivity contribution in [2.75, 3.05) is 13.1 Å². The molecular formula is C27H29N5O2. The number of rotatable bonds is 9. The maximum absolute atomic E-state index is 13.7. The zero-order valence-electron chi connectivity index (χ0n) is 18.9. The van der Waals surface area contributed by atoms with Gasteiger partial charge < -0.3 is 16.8 Å². The fraction of sp³-hybridized carbons (Fsp3) is 0.222. The van der Waals surface area contributed by atoms with E-state index in [4.69, 9.17) is 16.5 Å².